The Labute approximate surface area is 396 Å². The van der Waals surface area contributed by atoms with Crippen molar-refractivity contribution in [2.45, 2.75) is 116 Å². The number of nitrogens with two attached hydrogens (primary N) is 1. The molecule has 0 fully saturated rings. The molecule has 1 aromatic heterocycles. The second kappa shape index (κ2) is 25.0. The summed E-state index contributed by atoms with van der Waals surface area (Å²) in [4.78, 5) is 66.3. The summed E-state index contributed by atoms with van der Waals surface area (Å²) in [6, 6.07) is 13.0. The minimum absolute atomic E-state index is 0.0469. The van der Waals surface area contributed by atoms with Gasteiger partial charge in [-0.25, -0.2) is 23.2 Å². The van der Waals surface area contributed by atoms with E-state index >= 15 is 4.39 Å². The number of carbonyl (C=O) groups is 5. The molecule has 0 aliphatic carbocycles. The zero-order chi connectivity index (χ0) is 50.3. The molecule has 0 aliphatic heterocycles. The van der Waals surface area contributed by atoms with Gasteiger partial charge in [0.2, 0.25) is 18.1 Å². The predicted molar refractivity (Wildman–Crippen MR) is 254 cm³/mol. The minimum atomic E-state index is -5.32. The van der Waals surface area contributed by atoms with Crippen LogP contribution in [-0.4, -0.2) is 112 Å². The fourth-order valence-electron chi connectivity index (χ4n) is 6.84. The molecular weight excluding hydrogens is 934 g/mol. The molecule has 1 heterocycles. The van der Waals surface area contributed by atoms with E-state index in [2.05, 4.69) is 35.0 Å². The Hall–Kier alpha value is -4.74. The first-order chi connectivity index (χ1) is 31.1. The van der Waals surface area contributed by atoms with Crippen LogP contribution in [0.4, 0.5) is 26.7 Å². The second-order valence-corrected chi connectivity index (χ2v) is 31.9. The van der Waals surface area contributed by atoms with E-state index in [1.54, 1.807) is 36.8 Å². The number of alkyl carbamates (subject to hydrolysis) is 1. The number of rotatable bonds is 24. The van der Waals surface area contributed by atoms with Gasteiger partial charge in [0.05, 0.1) is 26.5 Å². The van der Waals surface area contributed by atoms with Gasteiger partial charge in [-0.15, -0.1) is 0 Å². The highest BCUT2D eigenvalue weighted by Crippen LogP contribution is 2.41. The Kier molecular flexibility index (Phi) is 21.1. The number of esters is 2. The zero-order valence-electron chi connectivity index (χ0n) is 39.8. The summed E-state index contributed by atoms with van der Waals surface area (Å²) in [5, 5.41) is 5.17. The molecule has 2 aromatic carbocycles. The van der Waals surface area contributed by atoms with Crippen molar-refractivity contribution in [3.05, 3.63) is 83.7 Å². The van der Waals surface area contributed by atoms with Crippen molar-refractivity contribution >= 4 is 57.8 Å². The van der Waals surface area contributed by atoms with Gasteiger partial charge in [-0.05, 0) is 47.7 Å². The Morgan fingerprint density at radius 2 is 1.58 bits per heavy atom. The van der Waals surface area contributed by atoms with Crippen LogP contribution < -0.4 is 16.4 Å². The van der Waals surface area contributed by atoms with E-state index in [9.17, 15) is 41.5 Å². The van der Waals surface area contributed by atoms with E-state index in [-0.39, 0.29) is 48.5 Å². The molecule has 0 saturated heterocycles. The quantitative estimate of drug-likeness (QED) is 0.0259. The molecule has 0 saturated carbocycles. The van der Waals surface area contributed by atoms with Crippen LogP contribution in [-0.2, 0) is 39.9 Å². The molecule has 0 radical (unpaired) electrons. The number of nitrogens with zero attached hydrogens (tertiary/aromatic N) is 2. The van der Waals surface area contributed by atoms with Gasteiger partial charge in [0, 0.05) is 75.5 Å². The average Bonchev–Trinajstić information content (AvgIpc) is 3.60. The molecule has 0 bridgehead atoms. The molecule has 3 rings (SSSR count). The lowest BCUT2D eigenvalue weighted by Crippen LogP contribution is -2.49. The summed E-state index contributed by atoms with van der Waals surface area (Å²) in [5.41, 5.74) is 7.09. The molecule has 13 nitrogen and oxygen atoms in total. The summed E-state index contributed by atoms with van der Waals surface area (Å²) < 4.78 is 85.6. The fraction of sp³-hybridized carbons (Fsp3) is 0.543. The number of hydrogen-bond acceptors (Lipinski definition) is 10. The summed E-state index contributed by atoms with van der Waals surface area (Å²) in [6.07, 6.45) is -5.88. The van der Waals surface area contributed by atoms with Crippen molar-refractivity contribution < 1.29 is 60.1 Å². The Bertz CT molecular complexity index is 2130. The summed E-state index contributed by atoms with van der Waals surface area (Å²) in [7, 11) is -3.69. The molecule has 3 amide bonds. The topological polar surface area (TPSA) is 171 Å². The van der Waals surface area contributed by atoms with Gasteiger partial charge >= 0.3 is 24.2 Å². The second-order valence-electron chi connectivity index (χ2n) is 19.7. The third kappa shape index (κ3) is 19.8. The number of thioether (sulfide) groups is 1. The maximum atomic E-state index is 15.3. The molecule has 0 aliphatic rings. The van der Waals surface area contributed by atoms with Crippen molar-refractivity contribution in [2.24, 2.45) is 11.1 Å². The molecular formula is C46H66F5N5O8SSi2. The third-order valence-corrected chi connectivity index (χ3v) is 14.3. The number of ether oxygens (including phenoxy) is 3. The van der Waals surface area contributed by atoms with Crippen LogP contribution in [0.15, 0.2) is 60.8 Å². The molecule has 372 valence electrons. The van der Waals surface area contributed by atoms with E-state index < -0.39 is 88.2 Å². The standard InChI is InChI=1S/C46H66F5N5O8SSi2/c1-45(2,3)41(37-24-32(34-25-33(47)16-17-35(34)48)28-55(37)27-31-14-11-10-12-15-31)56(20-13-19-53-44(61)62-21-23-66(4,5)6)39(58)29-65-22-18-38(57)54-36(26-52)42(59)63-40(30-67(7,8)9)64-43(60)46(49,50)51/h10-12,14-17,24-25,28,36,40-41H,13,18-23,26-27,29-30,52H2,1-9H3,(H,53,61)(H,54,57)/t36?,40?,41-/m0/s1. The van der Waals surface area contributed by atoms with Gasteiger partial charge in [0.25, 0.3) is 0 Å². The monoisotopic (exact) mass is 999 g/mol. The van der Waals surface area contributed by atoms with Crippen LogP contribution in [0.5, 0.6) is 0 Å². The van der Waals surface area contributed by atoms with Gasteiger partial charge in [0.15, 0.2) is 0 Å². The zero-order valence-corrected chi connectivity index (χ0v) is 42.6. The highest BCUT2D eigenvalue weighted by molar-refractivity contribution is 7.99. The molecule has 4 N–H and O–H groups in total. The Morgan fingerprint density at radius 1 is 0.910 bits per heavy atom. The number of aromatic nitrogens is 1. The van der Waals surface area contributed by atoms with Crippen molar-refractivity contribution in [3.63, 3.8) is 0 Å². The van der Waals surface area contributed by atoms with Crippen LogP contribution in [0.2, 0.25) is 51.4 Å². The number of amides is 3. The van der Waals surface area contributed by atoms with Gasteiger partial charge in [-0.3, -0.25) is 9.59 Å². The van der Waals surface area contributed by atoms with Crippen LogP contribution in [0.3, 0.4) is 0 Å². The molecule has 21 heteroatoms. The first kappa shape index (κ1) is 56.6. The fourth-order valence-corrected chi connectivity index (χ4v) is 9.54. The largest absolute Gasteiger partial charge is 0.491 e. The Balaban J connectivity index is 1.85. The van der Waals surface area contributed by atoms with Gasteiger partial charge < -0.3 is 40.0 Å². The molecule has 3 atom stereocenters. The third-order valence-electron chi connectivity index (χ3n) is 10.1. The van der Waals surface area contributed by atoms with Crippen molar-refractivity contribution in [2.75, 3.05) is 37.7 Å². The maximum absolute atomic E-state index is 15.3. The summed E-state index contributed by atoms with van der Waals surface area (Å²) in [6.45, 7) is 18.2. The lowest BCUT2D eigenvalue weighted by Gasteiger charge is -2.41. The van der Waals surface area contributed by atoms with Crippen LogP contribution in [0, 0.1) is 17.0 Å². The van der Waals surface area contributed by atoms with Crippen LogP contribution >= 0.6 is 11.8 Å². The molecule has 0 spiro atoms. The number of hydrogen-bond donors (Lipinski definition) is 3. The SMILES string of the molecule is CC(C)(C)[C@H](c1cc(-c2cc(F)ccc2F)cn1Cc1ccccc1)N(CCCNC(=O)OCC[Si](C)(C)C)C(=O)CSCCC(=O)NC(CN)C(=O)OC(C[Si](C)(C)C)OC(=O)C(F)(F)F. The van der Waals surface area contributed by atoms with Crippen molar-refractivity contribution in [3.8, 4) is 11.1 Å². The van der Waals surface area contributed by atoms with Gasteiger partial charge in [-0.1, -0.05) is 90.4 Å². The number of benzene rings is 2. The first-order valence-corrected chi connectivity index (χ1v) is 30.6. The lowest BCUT2D eigenvalue weighted by molar-refractivity contribution is -0.223. The van der Waals surface area contributed by atoms with Gasteiger partial charge in [-0.2, -0.15) is 24.9 Å². The number of halogens is 5. The summed E-state index contributed by atoms with van der Waals surface area (Å²) in [5.74, 6) is -5.95. The minimum Gasteiger partial charge on any atom is -0.450 e. The van der Waals surface area contributed by atoms with E-state index in [1.807, 2.05) is 55.7 Å². The lowest BCUT2D eigenvalue weighted by atomic mass is 9.83. The van der Waals surface area contributed by atoms with E-state index in [0.29, 0.717) is 30.8 Å². The maximum Gasteiger partial charge on any atom is 0.491 e. The van der Waals surface area contributed by atoms with Gasteiger partial charge in [0.1, 0.15) is 17.7 Å². The first-order valence-electron chi connectivity index (χ1n) is 22.0. The van der Waals surface area contributed by atoms with E-state index in [0.717, 1.165) is 41.6 Å². The van der Waals surface area contributed by atoms with Crippen LogP contribution in [0.1, 0.15) is 50.9 Å². The number of alkyl halides is 3. The number of nitrogens with one attached hydrogen (secondary N) is 2. The van der Waals surface area contributed by atoms with Crippen molar-refractivity contribution in [1.29, 1.82) is 0 Å². The van der Waals surface area contributed by atoms with Crippen LogP contribution in [0.25, 0.3) is 11.1 Å². The van der Waals surface area contributed by atoms with E-state index in [1.165, 1.54) is 0 Å². The number of carbonyl (C=O) groups excluding carboxylic acids is 5. The normalized spacial score (nSPS) is 13.5. The predicted octanol–water partition coefficient (Wildman–Crippen LogP) is 8.73. The smallest absolute Gasteiger partial charge is 0.450 e. The highest BCUT2D eigenvalue weighted by atomic mass is 32.2. The summed E-state index contributed by atoms with van der Waals surface area (Å²) >= 11 is 1.13. The molecule has 3 aromatic rings. The van der Waals surface area contributed by atoms with Crippen molar-refractivity contribution in [1.82, 2.24) is 20.1 Å². The molecule has 67 heavy (non-hydrogen) atoms. The average molecular weight is 1000 g/mol. The molecule has 2 unspecified atom stereocenters. The Morgan fingerprint density at radius 3 is 2.18 bits per heavy atom. The highest BCUT2D eigenvalue weighted by Gasteiger charge is 2.44. The van der Waals surface area contributed by atoms with E-state index in [4.69, 9.17) is 15.2 Å².